The Bertz CT molecular complexity index is 919. The third-order valence-electron chi connectivity index (χ3n) is 4.12. The van der Waals surface area contributed by atoms with Crippen molar-refractivity contribution >= 4 is 23.4 Å². The number of benzene rings is 2. The van der Waals surface area contributed by atoms with Gasteiger partial charge in [-0.1, -0.05) is 24.3 Å². The number of hydrogen-bond donors (Lipinski definition) is 1. The fourth-order valence-corrected chi connectivity index (χ4v) is 3.31. The summed E-state index contributed by atoms with van der Waals surface area (Å²) >= 11 is 1.56. The van der Waals surface area contributed by atoms with Crippen molar-refractivity contribution < 1.29 is 4.79 Å². The second-order valence-electron chi connectivity index (χ2n) is 5.91. The first-order chi connectivity index (χ1) is 12.3. The largest absolute Gasteiger partial charge is 0.322 e. The number of aromatic nitrogens is 4. The summed E-state index contributed by atoms with van der Waals surface area (Å²) in [5.41, 5.74) is 2.29. The monoisotopic (exact) mass is 351 g/mol. The highest BCUT2D eigenvalue weighted by Gasteiger charge is 2.28. The fraction of sp³-hybridized carbons (Fsp3) is 0.222. The maximum Gasteiger partial charge on any atom is 0.256 e. The molecule has 1 heterocycles. The summed E-state index contributed by atoms with van der Waals surface area (Å²) in [6.07, 6.45) is 4.18. The fourth-order valence-electron chi connectivity index (χ4n) is 2.72. The lowest BCUT2D eigenvalue weighted by Crippen LogP contribution is -2.13. The van der Waals surface area contributed by atoms with Crippen LogP contribution in [0.5, 0.6) is 0 Å². The van der Waals surface area contributed by atoms with Crippen LogP contribution < -0.4 is 5.32 Å². The number of hydrogen-bond acceptors (Lipinski definition) is 5. The Hall–Kier alpha value is -2.67. The van der Waals surface area contributed by atoms with Gasteiger partial charge >= 0.3 is 0 Å². The van der Waals surface area contributed by atoms with E-state index in [4.69, 9.17) is 0 Å². The van der Waals surface area contributed by atoms with Crippen LogP contribution in [-0.4, -0.2) is 32.4 Å². The van der Waals surface area contributed by atoms with Crippen molar-refractivity contribution in [1.29, 1.82) is 0 Å². The molecule has 0 spiro atoms. The molecule has 1 saturated carbocycles. The maximum absolute atomic E-state index is 12.6. The van der Waals surface area contributed by atoms with Crippen LogP contribution in [0.15, 0.2) is 53.4 Å². The standard InChI is InChI=1S/C18H17N5OS/c1-25-16-8-3-2-7-15(16)18(24)19-13-6-4-5-12(11-13)17-20-21-22-23(17)14-9-10-14/h2-8,11,14H,9-10H2,1H3,(H,19,24). The van der Waals surface area contributed by atoms with Crippen LogP contribution >= 0.6 is 11.8 Å². The normalized spacial score (nSPS) is 13.6. The van der Waals surface area contributed by atoms with Gasteiger partial charge in [-0.2, -0.15) is 0 Å². The van der Waals surface area contributed by atoms with Gasteiger partial charge in [-0.05, 0) is 53.8 Å². The van der Waals surface area contributed by atoms with Crippen molar-refractivity contribution in [2.75, 3.05) is 11.6 Å². The van der Waals surface area contributed by atoms with Gasteiger partial charge in [0.2, 0.25) is 0 Å². The van der Waals surface area contributed by atoms with E-state index in [-0.39, 0.29) is 5.91 Å². The first-order valence-corrected chi connectivity index (χ1v) is 9.31. The van der Waals surface area contributed by atoms with E-state index in [1.807, 2.05) is 59.5 Å². The van der Waals surface area contributed by atoms with Crippen molar-refractivity contribution in [2.24, 2.45) is 0 Å². The van der Waals surface area contributed by atoms with E-state index in [1.165, 1.54) is 0 Å². The van der Waals surface area contributed by atoms with E-state index in [9.17, 15) is 4.79 Å². The van der Waals surface area contributed by atoms with Gasteiger partial charge in [0.15, 0.2) is 5.82 Å². The second-order valence-corrected chi connectivity index (χ2v) is 6.76. The number of thioether (sulfide) groups is 1. The van der Waals surface area contributed by atoms with Crippen molar-refractivity contribution in [1.82, 2.24) is 20.2 Å². The minimum atomic E-state index is -0.121. The Morgan fingerprint density at radius 1 is 1.20 bits per heavy atom. The highest BCUT2D eigenvalue weighted by molar-refractivity contribution is 7.98. The van der Waals surface area contributed by atoms with Crippen LogP contribution in [0.1, 0.15) is 29.2 Å². The first-order valence-electron chi connectivity index (χ1n) is 8.09. The third kappa shape index (κ3) is 3.28. The highest BCUT2D eigenvalue weighted by atomic mass is 32.2. The molecule has 126 valence electrons. The van der Waals surface area contributed by atoms with Gasteiger partial charge < -0.3 is 5.32 Å². The van der Waals surface area contributed by atoms with Gasteiger partial charge in [0, 0.05) is 16.1 Å². The zero-order valence-corrected chi connectivity index (χ0v) is 14.5. The minimum Gasteiger partial charge on any atom is -0.322 e. The Morgan fingerprint density at radius 3 is 2.84 bits per heavy atom. The molecular formula is C18H17N5OS. The van der Waals surface area contributed by atoms with Crippen LogP contribution in [0.2, 0.25) is 0 Å². The van der Waals surface area contributed by atoms with Crippen molar-refractivity contribution in [2.45, 2.75) is 23.8 Å². The molecule has 1 fully saturated rings. The molecule has 3 aromatic rings. The molecule has 1 aliphatic carbocycles. The number of carbonyl (C=O) groups excluding carboxylic acids is 1. The number of nitrogens with zero attached hydrogens (tertiary/aromatic N) is 4. The summed E-state index contributed by atoms with van der Waals surface area (Å²) < 4.78 is 1.87. The molecule has 1 amide bonds. The number of anilines is 1. The van der Waals surface area contributed by atoms with Crippen LogP contribution in [0, 0.1) is 0 Å². The lowest BCUT2D eigenvalue weighted by Gasteiger charge is -2.10. The van der Waals surface area contributed by atoms with Gasteiger partial charge in [-0.15, -0.1) is 16.9 Å². The van der Waals surface area contributed by atoms with Gasteiger partial charge in [0.25, 0.3) is 5.91 Å². The predicted molar refractivity (Wildman–Crippen MR) is 97.7 cm³/mol. The molecule has 1 aromatic heterocycles. The van der Waals surface area contributed by atoms with Gasteiger partial charge in [-0.25, -0.2) is 4.68 Å². The molecule has 0 atom stereocenters. The van der Waals surface area contributed by atoms with Gasteiger partial charge in [0.1, 0.15) is 0 Å². The average Bonchev–Trinajstić information content (AvgIpc) is 3.38. The summed E-state index contributed by atoms with van der Waals surface area (Å²) in [4.78, 5) is 13.6. The second kappa shape index (κ2) is 6.68. The van der Waals surface area contributed by atoms with Crippen LogP contribution in [0.4, 0.5) is 5.69 Å². The summed E-state index contributed by atoms with van der Waals surface area (Å²) in [5.74, 6) is 0.618. The van der Waals surface area contributed by atoms with Crippen LogP contribution in [0.3, 0.4) is 0 Å². The molecule has 0 bridgehead atoms. The van der Waals surface area contributed by atoms with E-state index < -0.39 is 0 Å². The Labute approximate surface area is 149 Å². The van der Waals surface area contributed by atoms with Crippen molar-refractivity contribution in [3.05, 3.63) is 54.1 Å². The zero-order chi connectivity index (χ0) is 17.2. The lowest BCUT2D eigenvalue weighted by molar-refractivity contribution is 0.102. The summed E-state index contributed by atoms with van der Waals surface area (Å²) in [6, 6.07) is 15.6. The van der Waals surface area contributed by atoms with E-state index in [0.29, 0.717) is 11.6 Å². The molecule has 0 unspecified atom stereocenters. The Balaban J connectivity index is 1.59. The quantitative estimate of drug-likeness (QED) is 0.710. The minimum absolute atomic E-state index is 0.121. The molecule has 2 aromatic carbocycles. The smallest absolute Gasteiger partial charge is 0.256 e. The Morgan fingerprint density at radius 2 is 2.04 bits per heavy atom. The maximum atomic E-state index is 12.6. The summed E-state index contributed by atoms with van der Waals surface area (Å²) in [7, 11) is 0. The van der Waals surface area contributed by atoms with E-state index in [2.05, 4.69) is 20.8 Å². The number of carbonyl (C=O) groups is 1. The van der Waals surface area contributed by atoms with Crippen LogP contribution in [-0.2, 0) is 0 Å². The summed E-state index contributed by atoms with van der Waals surface area (Å²) in [6.45, 7) is 0. The number of tetrazole rings is 1. The molecule has 1 N–H and O–H groups in total. The molecule has 25 heavy (non-hydrogen) atoms. The van der Waals surface area contributed by atoms with E-state index in [1.54, 1.807) is 11.8 Å². The first kappa shape index (κ1) is 15.8. The predicted octanol–water partition coefficient (Wildman–Crippen LogP) is 3.65. The van der Waals surface area contributed by atoms with Crippen molar-refractivity contribution in [3.8, 4) is 11.4 Å². The summed E-state index contributed by atoms with van der Waals surface area (Å²) in [5, 5.41) is 15.0. The SMILES string of the molecule is CSc1ccccc1C(=O)Nc1cccc(-c2nnnn2C2CC2)c1. The van der Waals surface area contributed by atoms with Crippen LogP contribution in [0.25, 0.3) is 11.4 Å². The van der Waals surface area contributed by atoms with Gasteiger partial charge in [0.05, 0.1) is 11.6 Å². The molecule has 0 radical (unpaired) electrons. The molecule has 4 rings (SSSR count). The average molecular weight is 351 g/mol. The number of rotatable bonds is 5. The topological polar surface area (TPSA) is 72.7 Å². The van der Waals surface area contributed by atoms with E-state index >= 15 is 0 Å². The number of amides is 1. The molecule has 7 heteroatoms. The Kier molecular flexibility index (Phi) is 4.23. The molecule has 0 saturated heterocycles. The zero-order valence-electron chi connectivity index (χ0n) is 13.7. The number of nitrogens with one attached hydrogen (secondary N) is 1. The molecule has 1 aliphatic rings. The molecular weight excluding hydrogens is 334 g/mol. The lowest BCUT2D eigenvalue weighted by atomic mass is 10.1. The molecule has 0 aliphatic heterocycles. The third-order valence-corrected chi connectivity index (χ3v) is 4.91. The molecule has 6 nitrogen and oxygen atoms in total. The van der Waals surface area contributed by atoms with E-state index in [0.717, 1.165) is 34.8 Å². The highest BCUT2D eigenvalue weighted by Crippen LogP contribution is 2.36. The van der Waals surface area contributed by atoms with Gasteiger partial charge in [-0.3, -0.25) is 4.79 Å². The van der Waals surface area contributed by atoms with Crippen molar-refractivity contribution in [3.63, 3.8) is 0 Å².